The second kappa shape index (κ2) is 21.4. The predicted octanol–water partition coefficient (Wildman–Crippen LogP) is 26.1. The maximum atomic E-state index is 2.48. The van der Waals surface area contributed by atoms with Crippen molar-refractivity contribution in [1.29, 1.82) is 0 Å². The van der Waals surface area contributed by atoms with Crippen molar-refractivity contribution in [2.24, 2.45) is 0 Å². The van der Waals surface area contributed by atoms with Crippen molar-refractivity contribution in [3.63, 3.8) is 0 Å². The third-order valence-electron chi connectivity index (χ3n) is 21.9. The highest BCUT2D eigenvalue weighted by molar-refractivity contribution is 6.24. The topological polar surface area (TPSA) is 0 Å². The Morgan fingerprint density at radius 2 is 0.432 bits per heavy atom. The van der Waals surface area contributed by atoms with E-state index in [0.717, 1.165) is 0 Å². The minimum absolute atomic E-state index is 0.0343. The van der Waals surface area contributed by atoms with Gasteiger partial charge in [-0.3, -0.25) is 0 Å². The zero-order valence-corrected chi connectivity index (χ0v) is 54.5. The van der Waals surface area contributed by atoms with Crippen molar-refractivity contribution in [3.8, 4) is 100 Å². The molecule has 0 N–H and O–H groups in total. The molecule has 19 rings (SSSR count). The Balaban J connectivity index is 0.000000140. The molecule has 16 aromatic rings. The average molecular weight is 1210 g/mol. The number of hydrogen-bond donors (Lipinski definition) is 0. The molecule has 0 amide bonds. The molecule has 0 unspecified atom stereocenters. The number of fused-ring (bicyclic) bond motifs is 14. The van der Waals surface area contributed by atoms with Crippen LogP contribution in [-0.2, 0) is 16.2 Å². The van der Waals surface area contributed by atoms with E-state index in [0.29, 0.717) is 0 Å². The summed E-state index contributed by atoms with van der Waals surface area (Å²) in [7, 11) is 0. The highest BCUT2D eigenvalue weighted by atomic mass is 14.4. The fourth-order valence-electron chi connectivity index (χ4n) is 17.1. The number of rotatable bonds is 6. The first-order chi connectivity index (χ1) is 46.4. The Morgan fingerprint density at radius 3 is 0.853 bits per heavy atom. The van der Waals surface area contributed by atoms with E-state index < -0.39 is 0 Å². The standard InChI is InChI=1S/C50H38.C45H32/c1-49(2)43-20-12-10-16-35(43)37-25-22-33(29-45(37)49)32-23-27-41-42(28-32)47(31-14-6-5-7-15-31)39-18-8-9-19-40(39)48(41)34-24-26-38-36-17-11-13-21-44(36)50(3,4)46(38)30-34;1-45(2)41-19-11-10-16-35(41)36-24-22-33(28-42(36)45)32-23-25-39-40(27-32)43(30-13-4-3-5-14-30)37-17-8-9-18-38(37)44(39)34-21-20-29-12-6-7-15-31(29)26-34/h5-30H,1-4H3;3-28H,1-2H3. The summed E-state index contributed by atoms with van der Waals surface area (Å²) < 4.78 is 0. The molecule has 0 saturated carbocycles. The predicted molar refractivity (Wildman–Crippen MR) is 406 cm³/mol. The van der Waals surface area contributed by atoms with Gasteiger partial charge in [-0.05, 0) is 224 Å². The summed E-state index contributed by atoms with van der Waals surface area (Å²) in [6.45, 7) is 14.2. The molecule has 0 aromatic heterocycles. The average Bonchev–Trinajstić information content (AvgIpc) is 1.33. The first kappa shape index (κ1) is 56.6. The van der Waals surface area contributed by atoms with E-state index in [1.54, 1.807) is 0 Å². The summed E-state index contributed by atoms with van der Waals surface area (Å²) in [4.78, 5) is 0. The molecule has 3 aliphatic rings. The molecule has 0 nitrogen and oxygen atoms in total. The van der Waals surface area contributed by atoms with Gasteiger partial charge in [0.2, 0.25) is 0 Å². The lowest BCUT2D eigenvalue weighted by atomic mass is 9.80. The Labute approximate surface area is 557 Å². The highest BCUT2D eigenvalue weighted by Gasteiger charge is 2.38. The van der Waals surface area contributed by atoms with E-state index in [9.17, 15) is 0 Å². The van der Waals surface area contributed by atoms with E-state index in [1.165, 1.54) is 187 Å². The maximum Gasteiger partial charge on any atom is 0.0159 e. The van der Waals surface area contributed by atoms with E-state index in [-0.39, 0.29) is 16.2 Å². The highest BCUT2D eigenvalue weighted by Crippen LogP contribution is 2.55. The van der Waals surface area contributed by atoms with Gasteiger partial charge in [-0.2, -0.15) is 0 Å². The van der Waals surface area contributed by atoms with Crippen LogP contribution in [0.25, 0.3) is 154 Å². The lowest BCUT2D eigenvalue weighted by Crippen LogP contribution is -2.14. The van der Waals surface area contributed by atoms with Gasteiger partial charge in [0.15, 0.2) is 0 Å². The molecule has 16 aromatic carbocycles. The van der Waals surface area contributed by atoms with Crippen molar-refractivity contribution in [3.05, 3.63) is 349 Å². The van der Waals surface area contributed by atoms with Crippen LogP contribution < -0.4 is 0 Å². The van der Waals surface area contributed by atoms with Crippen molar-refractivity contribution in [2.45, 2.75) is 57.8 Å². The summed E-state index contributed by atoms with van der Waals surface area (Å²) >= 11 is 0. The van der Waals surface area contributed by atoms with Crippen LogP contribution in [0.4, 0.5) is 0 Å². The van der Waals surface area contributed by atoms with E-state index in [4.69, 9.17) is 0 Å². The Bertz CT molecular complexity index is 5850. The second-order valence-electron chi connectivity index (χ2n) is 28.2. The van der Waals surface area contributed by atoms with Crippen molar-refractivity contribution in [2.75, 3.05) is 0 Å². The monoisotopic (exact) mass is 1210 g/mol. The molecule has 0 spiro atoms. The van der Waals surface area contributed by atoms with Gasteiger partial charge in [0, 0.05) is 16.2 Å². The van der Waals surface area contributed by atoms with Crippen LogP contribution in [-0.4, -0.2) is 0 Å². The molecule has 95 heavy (non-hydrogen) atoms. The fourth-order valence-corrected chi connectivity index (χ4v) is 17.1. The zero-order valence-electron chi connectivity index (χ0n) is 54.5. The molecular formula is C95H70. The first-order valence-corrected chi connectivity index (χ1v) is 33.7. The van der Waals surface area contributed by atoms with Crippen molar-refractivity contribution >= 4 is 53.9 Å². The molecule has 0 radical (unpaired) electrons. The summed E-state index contributed by atoms with van der Waals surface area (Å²) in [6, 6.07) is 118. The normalized spacial score (nSPS) is 14.0. The van der Waals surface area contributed by atoms with Crippen LogP contribution in [0.15, 0.2) is 315 Å². The molecule has 0 aliphatic heterocycles. The van der Waals surface area contributed by atoms with Gasteiger partial charge in [0.25, 0.3) is 0 Å². The third-order valence-corrected chi connectivity index (χ3v) is 21.9. The van der Waals surface area contributed by atoms with Crippen LogP contribution in [0.2, 0.25) is 0 Å². The molecule has 0 bridgehead atoms. The molecule has 450 valence electrons. The van der Waals surface area contributed by atoms with Crippen LogP contribution in [0.5, 0.6) is 0 Å². The minimum atomic E-state index is -0.0638. The third kappa shape index (κ3) is 8.74. The maximum absolute atomic E-state index is 2.48. The molecule has 0 saturated heterocycles. The molecule has 0 fully saturated rings. The molecule has 0 atom stereocenters. The van der Waals surface area contributed by atoms with E-state index in [2.05, 4.69) is 357 Å². The summed E-state index contributed by atoms with van der Waals surface area (Å²) in [5.41, 5.74) is 31.7. The lowest BCUT2D eigenvalue weighted by Gasteiger charge is -2.23. The van der Waals surface area contributed by atoms with Gasteiger partial charge in [-0.1, -0.05) is 321 Å². The van der Waals surface area contributed by atoms with Crippen LogP contribution in [0.3, 0.4) is 0 Å². The fraction of sp³-hybridized carbons (Fsp3) is 0.0947. The summed E-state index contributed by atoms with van der Waals surface area (Å²) in [6.07, 6.45) is 0. The van der Waals surface area contributed by atoms with Crippen LogP contribution in [0.1, 0.15) is 74.9 Å². The number of benzene rings is 16. The quantitative estimate of drug-likeness (QED) is 0.146. The van der Waals surface area contributed by atoms with Crippen LogP contribution >= 0.6 is 0 Å². The van der Waals surface area contributed by atoms with Crippen molar-refractivity contribution < 1.29 is 0 Å². The lowest BCUT2D eigenvalue weighted by molar-refractivity contribution is 0.660. The molecule has 3 aliphatic carbocycles. The molecule has 0 heteroatoms. The van der Waals surface area contributed by atoms with Gasteiger partial charge in [0.05, 0.1) is 0 Å². The Kier molecular flexibility index (Phi) is 12.8. The largest absolute Gasteiger partial charge is 0.0622 e. The second-order valence-corrected chi connectivity index (χ2v) is 28.2. The zero-order chi connectivity index (χ0) is 63.9. The SMILES string of the molecule is CC1(C)c2ccccc2-c2ccc(-c3ccc4c(-c5ccc6c(c5)C(C)(C)c5ccccc5-6)c5ccccc5c(-c5ccccc5)c4c3)cc21.CC1(C)c2ccccc2-c2ccc(-c3ccc4c(-c5ccc6ccccc6c5)c5ccccc5c(-c5ccccc5)c4c3)cc21. The first-order valence-electron chi connectivity index (χ1n) is 33.7. The van der Waals surface area contributed by atoms with Gasteiger partial charge in [-0.25, -0.2) is 0 Å². The molecule has 0 heterocycles. The summed E-state index contributed by atoms with van der Waals surface area (Å²) in [5.74, 6) is 0. The smallest absolute Gasteiger partial charge is 0.0159 e. The number of hydrogen-bond acceptors (Lipinski definition) is 0. The van der Waals surface area contributed by atoms with Gasteiger partial charge in [-0.15, -0.1) is 0 Å². The Morgan fingerprint density at radius 1 is 0.158 bits per heavy atom. The van der Waals surface area contributed by atoms with E-state index in [1.807, 2.05) is 0 Å². The van der Waals surface area contributed by atoms with Gasteiger partial charge < -0.3 is 0 Å². The van der Waals surface area contributed by atoms with Crippen molar-refractivity contribution in [1.82, 2.24) is 0 Å². The van der Waals surface area contributed by atoms with E-state index >= 15 is 0 Å². The van der Waals surface area contributed by atoms with Gasteiger partial charge >= 0.3 is 0 Å². The van der Waals surface area contributed by atoms with Gasteiger partial charge in [0.1, 0.15) is 0 Å². The Hall–Kier alpha value is -11.2. The minimum Gasteiger partial charge on any atom is -0.0622 e. The summed E-state index contributed by atoms with van der Waals surface area (Å²) in [5, 5.41) is 12.8. The molecular weight excluding hydrogens is 1140 g/mol. The van der Waals surface area contributed by atoms with Crippen LogP contribution in [0, 0.1) is 0 Å².